The lowest BCUT2D eigenvalue weighted by molar-refractivity contribution is -0.141. The fourth-order valence-corrected chi connectivity index (χ4v) is 6.80. The minimum Gasteiger partial charge on any atom is -0.469 e. The van der Waals surface area contributed by atoms with Crippen LogP contribution >= 0.6 is 61.9 Å². The summed E-state index contributed by atoms with van der Waals surface area (Å²) in [6.07, 6.45) is 1.37. The van der Waals surface area contributed by atoms with Crippen LogP contribution in [0, 0.1) is 3.57 Å². The van der Waals surface area contributed by atoms with E-state index in [0.29, 0.717) is 6.42 Å². The third kappa shape index (κ3) is 3.78. The lowest BCUT2D eigenvalue weighted by atomic mass is 10.00. The first kappa shape index (κ1) is 19.6. The van der Waals surface area contributed by atoms with Crippen molar-refractivity contribution in [1.29, 1.82) is 0 Å². The van der Waals surface area contributed by atoms with E-state index in [1.165, 1.54) is 32.2 Å². The van der Waals surface area contributed by atoms with Gasteiger partial charge in [-0.1, -0.05) is 39.3 Å². The Morgan fingerprint density at radius 2 is 2.11 bits per heavy atom. The van der Waals surface area contributed by atoms with Gasteiger partial charge < -0.3 is 9.30 Å². The molecule has 0 aliphatic carbocycles. The molecule has 0 saturated carbocycles. The largest absolute Gasteiger partial charge is 0.469 e. The van der Waals surface area contributed by atoms with E-state index >= 15 is 0 Å². The Balaban J connectivity index is 1.88. The van der Waals surface area contributed by atoms with Crippen LogP contribution < -0.4 is 0 Å². The second-order valence-corrected chi connectivity index (χ2v) is 10.1. The molecular formula is C20H16BrClINO2S. The van der Waals surface area contributed by atoms with Crippen molar-refractivity contribution in [3.05, 3.63) is 55.2 Å². The molecule has 1 aromatic heterocycles. The number of nitrogens with zero attached hydrogens (tertiary/aromatic N) is 1. The molecular weight excluding hydrogens is 561 g/mol. The number of rotatable bonds is 4. The second-order valence-electron chi connectivity index (χ2n) is 6.47. The highest BCUT2D eigenvalue weighted by Gasteiger charge is 2.32. The highest BCUT2D eigenvalue weighted by Crippen LogP contribution is 2.49. The molecule has 0 spiro atoms. The Kier molecular flexibility index (Phi) is 5.79. The number of carbonyl (C=O) groups excluding carboxylic acids is 1. The van der Waals surface area contributed by atoms with Gasteiger partial charge in [0, 0.05) is 46.4 Å². The van der Waals surface area contributed by atoms with Gasteiger partial charge >= 0.3 is 5.97 Å². The number of esters is 1. The summed E-state index contributed by atoms with van der Waals surface area (Å²) in [5.41, 5.74) is 2.45. The lowest BCUT2D eigenvalue weighted by Crippen LogP contribution is -2.07. The van der Waals surface area contributed by atoms with Gasteiger partial charge in [-0.05, 0) is 65.4 Å². The van der Waals surface area contributed by atoms with Gasteiger partial charge in [-0.15, -0.1) is 0 Å². The van der Waals surface area contributed by atoms with Gasteiger partial charge in [-0.3, -0.25) is 4.79 Å². The molecule has 1 aliphatic heterocycles. The van der Waals surface area contributed by atoms with Gasteiger partial charge in [-0.25, -0.2) is 0 Å². The van der Waals surface area contributed by atoms with Crippen molar-refractivity contribution in [2.45, 2.75) is 35.1 Å². The monoisotopic (exact) mass is 575 g/mol. The number of ether oxygens (including phenoxy) is 1. The van der Waals surface area contributed by atoms with E-state index in [1.807, 2.05) is 24.3 Å². The molecule has 2 aromatic carbocycles. The fourth-order valence-electron chi connectivity index (χ4n) is 3.65. The molecule has 0 amide bonds. The maximum atomic E-state index is 12.0. The summed E-state index contributed by atoms with van der Waals surface area (Å²) in [6, 6.07) is 12.2. The third-order valence-electron chi connectivity index (χ3n) is 4.84. The highest BCUT2D eigenvalue weighted by atomic mass is 127. The first-order chi connectivity index (χ1) is 13.0. The molecule has 0 unspecified atom stereocenters. The van der Waals surface area contributed by atoms with Crippen molar-refractivity contribution >= 4 is 78.8 Å². The van der Waals surface area contributed by atoms with Crippen molar-refractivity contribution < 1.29 is 9.53 Å². The second kappa shape index (κ2) is 7.97. The Morgan fingerprint density at radius 1 is 1.37 bits per heavy atom. The molecule has 0 fully saturated rings. The SMILES string of the molecule is COC(=O)C[C@H]1CCn2c1c(Sc1ccc(Cl)cc1)c1c(Br)cc(I)cc12. The van der Waals surface area contributed by atoms with Crippen LogP contribution in [0.25, 0.3) is 10.9 Å². The molecule has 1 aliphatic rings. The molecule has 0 saturated heterocycles. The Labute approximate surface area is 189 Å². The normalized spacial score (nSPS) is 15.9. The smallest absolute Gasteiger partial charge is 0.306 e. The minimum atomic E-state index is -0.158. The van der Waals surface area contributed by atoms with E-state index in [-0.39, 0.29) is 11.9 Å². The van der Waals surface area contributed by atoms with Crippen LogP contribution in [-0.4, -0.2) is 17.6 Å². The minimum absolute atomic E-state index is 0.158. The standard InChI is InChI=1S/C20H16BrClINO2S/c1-26-17(25)8-11-6-7-24-16-10-13(23)9-15(21)18(16)20(19(11)24)27-14-4-2-12(22)3-5-14/h2-5,9-11H,6-8H2,1H3/t11-/m1/s1. The molecule has 4 rings (SSSR count). The molecule has 2 heterocycles. The van der Waals surface area contributed by atoms with E-state index in [1.54, 1.807) is 11.8 Å². The molecule has 27 heavy (non-hydrogen) atoms. The van der Waals surface area contributed by atoms with Crippen molar-refractivity contribution in [1.82, 2.24) is 4.57 Å². The van der Waals surface area contributed by atoms with Crippen LogP contribution in [0.4, 0.5) is 0 Å². The summed E-state index contributed by atoms with van der Waals surface area (Å²) in [7, 11) is 1.45. The Morgan fingerprint density at radius 3 is 2.81 bits per heavy atom. The predicted octanol–water partition coefficient (Wildman–Crippen LogP) is 6.86. The van der Waals surface area contributed by atoms with E-state index in [2.05, 4.69) is 55.2 Å². The van der Waals surface area contributed by atoms with Crippen LogP contribution in [0.1, 0.15) is 24.5 Å². The highest BCUT2D eigenvalue weighted by molar-refractivity contribution is 14.1. The average Bonchev–Trinajstić information content (AvgIpc) is 3.17. The van der Waals surface area contributed by atoms with Crippen molar-refractivity contribution in [3.63, 3.8) is 0 Å². The van der Waals surface area contributed by atoms with E-state index in [0.717, 1.165) is 27.4 Å². The number of methoxy groups -OCH3 is 1. The van der Waals surface area contributed by atoms with Gasteiger partial charge in [0.15, 0.2) is 0 Å². The number of aryl methyl sites for hydroxylation is 1. The fraction of sp³-hybridized carbons (Fsp3) is 0.250. The summed E-state index contributed by atoms with van der Waals surface area (Å²) in [4.78, 5) is 14.3. The zero-order chi connectivity index (χ0) is 19.1. The average molecular weight is 577 g/mol. The van der Waals surface area contributed by atoms with Crippen molar-refractivity contribution in [2.24, 2.45) is 0 Å². The zero-order valence-corrected chi connectivity index (χ0v) is 19.8. The Hall–Kier alpha value is -0.700. The summed E-state index contributed by atoms with van der Waals surface area (Å²) in [5.74, 6) is 0.0130. The van der Waals surface area contributed by atoms with Crippen molar-refractivity contribution in [2.75, 3.05) is 7.11 Å². The zero-order valence-electron chi connectivity index (χ0n) is 14.5. The number of fused-ring (bicyclic) bond motifs is 3. The maximum absolute atomic E-state index is 12.0. The van der Waals surface area contributed by atoms with E-state index in [9.17, 15) is 4.79 Å². The predicted molar refractivity (Wildman–Crippen MR) is 122 cm³/mol. The molecule has 3 nitrogen and oxygen atoms in total. The van der Waals surface area contributed by atoms with E-state index < -0.39 is 0 Å². The number of halogens is 3. The summed E-state index contributed by atoms with van der Waals surface area (Å²) in [5, 5.41) is 1.94. The molecule has 0 N–H and O–H groups in total. The quantitative estimate of drug-likeness (QED) is 0.251. The summed E-state index contributed by atoms with van der Waals surface area (Å²) < 4.78 is 9.57. The summed E-state index contributed by atoms with van der Waals surface area (Å²) >= 11 is 13.9. The molecule has 3 aromatic rings. The van der Waals surface area contributed by atoms with Gasteiger partial charge in [0.25, 0.3) is 0 Å². The molecule has 140 valence electrons. The third-order valence-corrected chi connectivity index (χ3v) is 7.46. The molecule has 7 heteroatoms. The van der Waals surface area contributed by atoms with E-state index in [4.69, 9.17) is 16.3 Å². The number of aromatic nitrogens is 1. The number of hydrogen-bond acceptors (Lipinski definition) is 3. The lowest BCUT2D eigenvalue weighted by Gasteiger charge is -2.12. The Bertz CT molecular complexity index is 1030. The van der Waals surface area contributed by atoms with Crippen LogP contribution in [0.5, 0.6) is 0 Å². The summed E-state index contributed by atoms with van der Waals surface area (Å²) in [6.45, 7) is 0.918. The number of carbonyl (C=O) groups is 1. The number of hydrogen-bond donors (Lipinski definition) is 0. The maximum Gasteiger partial charge on any atom is 0.306 e. The van der Waals surface area contributed by atoms with Gasteiger partial charge in [0.1, 0.15) is 0 Å². The molecule has 0 radical (unpaired) electrons. The van der Waals surface area contributed by atoms with Gasteiger partial charge in [-0.2, -0.15) is 0 Å². The van der Waals surface area contributed by atoms with Crippen LogP contribution in [0.2, 0.25) is 5.02 Å². The van der Waals surface area contributed by atoms with Crippen LogP contribution in [-0.2, 0) is 16.1 Å². The van der Waals surface area contributed by atoms with Crippen LogP contribution in [0.15, 0.2) is 50.7 Å². The van der Waals surface area contributed by atoms with Gasteiger partial charge in [0.2, 0.25) is 0 Å². The number of benzene rings is 2. The first-order valence-electron chi connectivity index (χ1n) is 8.49. The molecule has 0 bridgehead atoms. The van der Waals surface area contributed by atoms with Gasteiger partial charge in [0.05, 0.1) is 19.0 Å². The topological polar surface area (TPSA) is 31.2 Å². The van der Waals surface area contributed by atoms with Crippen molar-refractivity contribution in [3.8, 4) is 0 Å². The molecule has 1 atom stereocenters. The first-order valence-corrected chi connectivity index (χ1v) is 11.6. The van der Waals surface area contributed by atoms with Crippen LogP contribution in [0.3, 0.4) is 0 Å².